The number of aliphatic hydroxyl groups is 1. The lowest BCUT2D eigenvalue weighted by Crippen LogP contribution is -2.41. The molecule has 11 heteroatoms. The molecule has 0 heterocycles. The molecule has 10 nitrogen and oxygen atoms in total. The lowest BCUT2D eigenvalue weighted by atomic mass is 10.1. The molecule has 0 aliphatic carbocycles. The van der Waals surface area contributed by atoms with Crippen molar-refractivity contribution in [3.8, 4) is 0 Å². The van der Waals surface area contributed by atoms with Crippen LogP contribution in [0, 0.1) is 0 Å². The van der Waals surface area contributed by atoms with Crippen LogP contribution in [0.1, 0.15) is 104 Å². The second-order valence-corrected chi connectivity index (χ2v) is 10.5. The summed E-state index contributed by atoms with van der Waals surface area (Å²) in [4.78, 5) is 32.1. The zero-order valence-corrected chi connectivity index (χ0v) is 22.9. The summed E-state index contributed by atoms with van der Waals surface area (Å²) in [5, 5.41) is 18.5. The summed E-state index contributed by atoms with van der Waals surface area (Å²) in [5.41, 5.74) is 5.30. The normalized spacial score (nSPS) is 15.9. The van der Waals surface area contributed by atoms with E-state index in [1.54, 1.807) is 0 Å². The summed E-state index contributed by atoms with van der Waals surface area (Å²) >= 11 is 0. The molecule has 1 unspecified atom stereocenters. The first-order valence-electron chi connectivity index (χ1n) is 13.2. The molecular weight excluding hydrogens is 489 g/mol. The molecule has 0 aromatic heterocycles. The Bertz CT molecular complexity index is 659. The monoisotopic (exact) mass is 537 g/mol. The molecule has 5 N–H and O–H groups in total. The molecule has 0 radical (unpaired) electrons. The molecule has 4 atom stereocenters. The maximum atomic E-state index is 11.8. The fraction of sp³-hybridized carbons (Fsp3) is 0.840. The van der Waals surface area contributed by atoms with Gasteiger partial charge in [-0.3, -0.25) is 18.6 Å². The third-order valence-corrected chi connectivity index (χ3v) is 6.67. The Morgan fingerprint density at radius 1 is 0.917 bits per heavy atom. The lowest BCUT2D eigenvalue weighted by Gasteiger charge is -2.21. The Kier molecular flexibility index (Phi) is 21.0. The van der Waals surface area contributed by atoms with E-state index in [0.717, 1.165) is 32.1 Å². The summed E-state index contributed by atoms with van der Waals surface area (Å²) in [6.45, 7) is 2.41. The van der Waals surface area contributed by atoms with E-state index in [1.165, 1.54) is 51.9 Å². The molecule has 36 heavy (non-hydrogen) atoms. The van der Waals surface area contributed by atoms with Crippen LogP contribution in [0.25, 0.3) is 0 Å². The van der Waals surface area contributed by atoms with Gasteiger partial charge in [-0.1, -0.05) is 70.4 Å². The zero-order chi connectivity index (χ0) is 27.2. The van der Waals surface area contributed by atoms with Crippen molar-refractivity contribution in [2.75, 3.05) is 13.2 Å². The van der Waals surface area contributed by atoms with Crippen molar-refractivity contribution in [3.05, 3.63) is 12.2 Å². The number of carboxylic acids is 1. The molecule has 0 aromatic rings. The van der Waals surface area contributed by atoms with Gasteiger partial charge in [0.25, 0.3) is 0 Å². The highest BCUT2D eigenvalue weighted by molar-refractivity contribution is 7.47. The average Bonchev–Trinajstić information content (AvgIpc) is 2.83. The van der Waals surface area contributed by atoms with Gasteiger partial charge in [0.15, 0.2) is 0 Å². The minimum absolute atomic E-state index is 0.234. The second-order valence-electron chi connectivity index (χ2n) is 9.11. The fourth-order valence-corrected chi connectivity index (χ4v) is 4.31. The quantitative estimate of drug-likeness (QED) is 0.0578. The largest absolute Gasteiger partial charge is 0.480 e. The second kappa shape index (κ2) is 21.8. The minimum Gasteiger partial charge on any atom is -0.480 e. The highest BCUT2D eigenvalue weighted by atomic mass is 31.2. The molecule has 0 amide bonds. The Morgan fingerprint density at radius 2 is 1.44 bits per heavy atom. The third-order valence-electron chi connectivity index (χ3n) is 5.60. The predicted octanol–water partition coefficient (Wildman–Crippen LogP) is 4.86. The van der Waals surface area contributed by atoms with E-state index in [9.17, 15) is 24.2 Å². The average molecular weight is 538 g/mol. The number of carboxylic acid groups (broad SMARTS) is 1. The Labute approximate surface area is 216 Å². The Morgan fingerprint density at radius 3 is 2.00 bits per heavy atom. The number of aliphatic carboxylic acids is 1. The third kappa shape index (κ3) is 20.9. The SMILES string of the molecule is CCCCCCCC/C=C\CCCCCCCC(=O)OC[C@@H](O)COP(=O)(O)O[C@@H](C)[C@H](N)C(=O)O. The van der Waals surface area contributed by atoms with E-state index in [0.29, 0.717) is 6.42 Å². The number of carbonyl (C=O) groups is 2. The number of phosphoric ester groups is 1. The molecule has 0 spiro atoms. The van der Waals surface area contributed by atoms with E-state index in [4.69, 9.17) is 15.6 Å². The van der Waals surface area contributed by atoms with Gasteiger partial charge in [0.2, 0.25) is 0 Å². The number of allylic oxidation sites excluding steroid dienone is 2. The fourth-order valence-electron chi connectivity index (χ4n) is 3.34. The van der Waals surface area contributed by atoms with Crippen LogP contribution in [0.5, 0.6) is 0 Å². The van der Waals surface area contributed by atoms with Crippen LogP contribution < -0.4 is 5.73 Å². The van der Waals surface area contributed by atoms with Gasteiger partial charge in [-0.2, -0.15) is 0 Å². The highest BCUT2D eigenvalue weighted by Gasteiger charge is 2.31. The predicted molar refractivity (Wildman–Crippen MR) is 138 cm³/mol. The van der Waals surface area contributed by atoms with Crippen LogP contribution in [0.15, 0.2) is 12.2 Å². The van der Waals surface area contributed by atoms with Crippen molar-refractivity contribution in [3.63, 3.8) is 0 Å². The first-order valence-corrected chi connectivity index (χ1v) is 14.7. The molecule has 0 saturated carbocycles. The number of esters is 1. The van der Waals surface area contributed by atoms with E-state index in [2.05, 4.69) is 28.1 Å². The van der Waals surface area contributed by atoms with Crippen molar-refractivity contribution >= 4 is 19.8 Å². The van der Waals surface area contributed by atoms with Gasteiger partial charge in [0.1, 0.15) is 18.8 Å². The van der Waals surface area contributed by atoms with Gasteiger partial charge >= 0.3 is 19.8 Å². The first kappa shape index (κ1) is 34.7. The first-order chi connectivity index (χ1) is 17.1. The maximum absolute atomic E-state index is 11.8. The van der Waals surface area contributed by atoms with Gasteiger partial charge < -0.3 is 25.6 Å². The summed E-state index contributed by atoms with van der Waals surface area (Å²) in [5.74, 6) is -1.86. The summed E-state index contributed by atoms with van der Waals surface area (Å²) in [6.07, 6.45) is 17.3. The zero-order valence-electron chi connectivity index (χ0n) is 22.0. The molecular formula is C25H48NO9P. The molecule has 0 rings (SSSR count). The number of rotatable bonds is 24. The van der Waals surface area contributed by atoms with Crippen molar-refractivity contribution in [2.24, 2.45) is 5.73 Å². The van der Waals surface area contributed by atoms with Gasteiger partial charge in [0, 0.05) is 6.42 Å². The topological polar surface area (TPSA) is 166 Å². The molecule has 0 aromatic carbocycles. The van der Waals surface area contributed by atoms with Crippen molar-refractivity contribution in [1.82, 2.24) is 0 Å². The molecule has 0 saturated heterocycles. The van der Waals surface area contributed by atoms with E-state index in [-0.39, 0.29) is 6.42 Å². The number of aliphatic hydroxyl groups excluding tert-OH is 1. The Hall–Kier alpha value is -1.29. The summed E-state index contributed by atoms with van der Waals surface area (Å²) < 4.78 is 26.0. The summed E-state index contributed by atoms with van der Waals surface area (Å²) in [7, 11) is -4.64. The van der Waals surface area contributed by atoms with Crippen LogP contribution in [-0.2, 0) is 27.9 Å². The van der Waals surface area contributed by atoms with Crippen LogP contribution in [0.4, 0.5) is 0 Å². The van der Waals surface area contributed by atoms with Gasteiger partial charge in [-0.15, -0.1) is 0 Å². The number of nitrogens with two attached hydrogens (primary N) is 1. The van der Waals surface area contributed by atoms with Gasteiger partial charge in [0.05, 0.1) is 12.7 Å². The standard InChI is InChI=1S/C25H48NO9P/c1-3-4-5-6-7-8-9-10-11-12-13-14-15-16-17-18-23(28)33-19-22(27)20-34-36(31,32)35-21(2)24(26)25(29)30/h10-11,21-22,24,27H,3-9,12-20,26H2,1-2H3,(H,29,30)(H,31,32)/b11-10-/t21-,22+,24-/m0/s1. The molecule has 0 bridgehead atoms. The number of phosphoric acid groups is 1. The van der Waals surface area contributed by atoms with Gasteiger partial charge in [-0.25, -0.2) is 4.57 Å². The lowest BCUT2D eigenvalue weighted by molar-refractivity contribution is -0.147. The van der Waals surface area contributed by atoms with E-state index in [1.807, 2.05) is 0 Å². The number of carbonyl (C=O) groups excluding carboxylic acids is 1. The number of hydrogen-bond acceptors (Lipinski definition) is 8. The minimum atomic E-state index is -4.64. The molecule has 0 aliphatic rings. The van der Waals surface area contributed by atoms with Gasteiger partial charge in [-0.05, 0) is 39.0 Å². The van der Waals surface area contributed by atoms with E-state index >= 15 is 0 Å². The number of hydrogen-bond donors (Lipinski definition) is 4. The van der Waals surface area contributed by atoms with Crippen LogP contribution in [-0.4, -0.2) is 58.5 Å². The maximum Gasteiger partial charge on any atom is 0.472 e. The molecule has 0 aliphatic heterocycles. The van der Waals surface area contributed by atoms with E-state index < -0.39 is 51.2 Å². The van der Waals surface area contributed by atoms with Crippen molar-refractivity contribution in [2.45, 2.75) is 122 Å². The van der Waals surface area contributed by atoms with Crippen LogP contribution in [0.3, 0.4) is 0 Å². The number of ether oxygens (including phenoxy) is 1. The van der Waals surface area contributed by atoms with Crippen LogP contribution in [0.2, 0.25) is 0 Å². The van der Waals surface area contributed by atoms with Crippen LogP contribution >= 0.6 is 7.82 Å². The number of unbranched alkanes of at least 4 members (excludes halogenated alkanes) is 11. The highest BCUT2D eigenvalue weighted by Crippen LogP contribution is 2.44. The van der Waals surface area contributed by atoms with Crippen molar-refractivity contribution < 1.29 is 43.0 Å². The Balaban J connectivity index is 3.70. The smallest absolute Gasteiger partial charge is 0.472 e. The molecule has 212 valence electrons. The summed E-state index contributed by atoms with van der Waals surface area (Å²) in [6, 6.07) is -1.52. The molecule has 0 fully saturated rings. The van der Waals surface area contributed by atoms with Crippen molar-refractivity contribution in [1.29, 1.82) is 0 Å².